The first-order valence-electron chi connectivity index (χ1n) is 5.13. The fraction of sp³-hybridized carbons (Fsp3) is 0.0833. The molecule has 1 heterocycles. The lowest BCUT2D eigenvalue weighted by Gasteiger charge is -2.08. The molecular weight excluding hydrogens is 352 g/mol. The van der Waals surface area contributed by atoms with Gasteiger partial charge in [0, 0.05) is 22.7 Å². The summed E-state index contributed by atoms with van der Waals surface area (Å²) >= 11 is 16.1. The third kappa shape index (κ3) is 3.45. The summed E-state index contributed by atoms with van der Waals surface area (Å²) in [4.78, 5) is 1.56. The molecule has 0 aliphatic heterocycles. The Labute approximate surface area is 128 Å². The Kier molecular flexibility index (Phi) is 4.61. The summed E-state index contributed by atoms with van der Waals surface area (Å²) in [5.74, 6) is 0. The van der Waals surface area contributed by atoms with Crippen LogP contribution in [0.3, 0.4) is 0 Å². The SMILES string of the molecule is NC(=S)c1ccc(NCc2ccc(Br)s2)cc1Cl. The minimum Gasteiger partial charge on any atom is -0.389 e. The van der Waals surface area contributed by atoms with Crippen molar-refractivity contribution >= 4 is 61.8 Å². The fourth-order valence-electron chi connectivity index (χ4n) is 1.46. The average Bonchev–Trinajstić information content (AvgIpc) is 2.72. The first kappa shape index (κ1) is 13.8. The molecule has 1 aromatic carbocycles. The smallest absolute Gasteiger partial charge is 0.105 e. The predicted molar refractivity (Wildman–Crippen MR) is 86.7 cm³/mol. The zero-order valence-electron chi connectivity index (χ0n) is 9.24. The third-order valence-electron chi connectivity index (χ3n) is 2.33. The van der Waals surface area contributed by atoms with Crippen LogP contribution in [0.1, 0.15) is 10.4 Å². The number of hydrogen-bond acceptors (Lipinski definition) is 3. The number of benzene rings is 1. The van der Waals surface area contributed by atoms with Crippen LogP contribution in [0.25, 0.3) is 0 Å². The van der Waals surface area contributed by atoms with Crippen molar-refractivity contribution in [2.45, 2.75) is 6.54 Å². The van der Waals surface area contributed by atoms with Crippen LogP contribution in [0.2, 0.25) is 5.02 Å². The van der Waals surface area contributed by atoms with E-state index in [-0.39, 0.29) is 0 Å². The number of nitrogens with two attached hydrogens (primary N) is 1. The second-order valence-electron chi connectivity index (χ2n) is 3.62. The summed E-state index contributed by atoms with van der Waals surface area (Å²) in [6, 6.07) is 9.69. The summed E-state index contributed by atoms with van der Waals surface area (Å²) in [6.45, 7) is 0.763. The Morgan fingerprint density at radius 2 is 2.17 bits per heavy atom. The van der Waals surface area contributed by atoms with Gasteiger partial charge in [-0.05, 0) is 46.3 Å². The van der Waals surface area contributed by atoms with Gasteiger partial charge in [0.05, 0.1) is 8.81 Å². The molecule has 0 aliphatic carbocycles. The molecule has 2 nitrogen and oxygen atoms in total. The number of nitrogens with one attached hydrogen (secondary N) is 1. The monoisotopic (exact) mass is 360 g/mol. The van der Waals surface area contributed by atoms with Crippen LogP contribution in [-0.4, -0.2) is 4.99 Å². The molecule has 2 aromatic rings. The van der Waals surface area contributed by atoms with E-state index < -0.39 is 0 Å². The summed E-state index contributed by atoms with van der Waals surface area (Å²) < 4.78 is 1.13. The maximum absolute atomic E-state index is 6.10. The van der Waals surface area contributed by atoms with E-state index in [1.807, 2.05) is 24.3 Å². The molecular formula is C12H10BrClN2S2. The van der Waals surface area contributed by atoms with Gasteiger partial charge in [0.25, 0.3) is 0 Å². The van der Waals surface area contributed by atoms with Crippen molar-refractivity contribution in [1.29, 1.82) is 0 Å². The molecule has 0 radical (unpaired) electrons. The van der Waals surface area contributed by atoms with E-state index in [0.29, 0.717) is 15.6 Å². The first-order chi connectivity index (χ1) is 8.56. The van der Waals surface area contributed by atoms with E-state index in [1.54, 1.807) is 11.3 Å². The molecule has 3 N–H and O–H groups in total. The molecule has 0 amide bonds. The van der Waals surface area contributed by atoms with E-state index in [1.165, 1.54) is 4.88 Å². The summed E-state index contributed by atoms with van der Waals surface area (Å²) in [5, 5.41) is 3.87. The molecule has 0 atom stereocenters. The molecule has 0 saturated carbocycles. The van der Waals surface area contributed by atoms with E-state index in [2.05, 4.69) is 27.3 Å². The third-order valence-corrected chi connectivity index (χ3v) is 4.49. The number of thiophene rings is 1. The second-order valence-corrected chi connectivity index (χ2v) is 7.01. The number of anilines is 1. The molecule has 0 spiro atoms. The number of hydrogen-bond donors (Lipinski definition) is 2. The van der Waals surface area contributed by atoms with Crippen LogP contribution in [0, 0.1) is 0 Å². The van der Waals surface area contributed by atoms with Gasteiger partial charge in [0.1, 0.15) is 4.99 Å². The normalized spacial score (nSPS) is 10.3. The van der Waals surface area contributed by atoms with Crippen LogP contribution >= 0.6 is 51.1 Å². The van der Waals surface area contributed by atoms with Gasteiger partial charge < -0.3 is 11.1 Å². The van der Waals surface area contributed by atoms with Gasteiger partial charge in [-0.2, -0.15) is 0 Å². The Balaban J connectivity index is 2.06. The molecule has 2 rings (SSSR count). The zero-order valence-corrected chi connectivity index (χ0v) is 13.2. The van der Waals surface area contributed by atoms with Crippen LogP contribution < -0.4 is 11.1 Å². The van der Waals surface area contributed by atoms with Gasteiger partial charge >= 0.3 is 0 Å². The molecule has 1 aromatic heterocycles. The van der Waals surface area contributed by atoms with Crippen LogP contribution in [0.15, 0.2) is 34.1 Å². The maximum Gasteiger partial charge on any atom is 0.105 e. The minimum atomic E-state index is 0.314. The lowest BCUT2D eigenvalue weighted by atomic mass is 10.2. The number of halogens is 2. The van der Waals surface area contributed by atoms with Crippen LogP contribution in [0.5, 0.6) is 0 Å². The molecule has 0 saturated heterocycles. The maximum atomic E-state index is 6.10. The van der Waals surface area contributed by atoms with Crippen molar-refractivity contribution in [2.75, 3.05) is 5.32 Å². The molecule has 0 bridgehead atoms. The fourth-order valence-corrected chi connectivity index (χ4v) is 3.40. The van der Waals surface area contributed by atoms with Crippen molar-refractivity contribution < 1.29 is 0 Å². The standard InChI is InChI=1S/C12H10BrClN2S2/c13-11-4-2-8(18-11)6-16-7-1-3-9(12(15)17)10(14)5-7/h1-5,16H,6H2,(H2,15,17). The van der Waals surface area contributed by atoms with E-state index in [0.717, 1.165) is 16.0 Å². The van der Waals surface area contributed by atoms with E-state index >= 15 is 0 Å². The van der Waals surface area contributed by atoms with Gasteiger partial charge in [-0.1, -0.05) is 23.8 Å². The molecule has 18 heavy (non-hydrogen) atoms. The summed E-state index contributed by atoms with van der Waals surface area (Å²) in [5.41, 5.74) is 7.21. The first-order valence-corrected chi connectivity index (χ1v) is 7.53. The molecule has 0 fully saturated rings. The predicted octanol–water partition coefficient (Wildman–Crippen LogP) is 4.41. The van der Waals surface area contributed by atoms with Crippen molar-refractivity contribution in [2.24, 2.45) is 5.73 Å². The highest BCUT2D eigenvalue weighted by Crippen LogP contribution is 2.24. The van der Waals surface area contributed by atoms with Crippen LogP contribution in [-0.2, 0) is 6.54 Å². The Morgan fingerprint density at radius 3 is 2.72 bits per heavy atom. The lowest BCUT2D eigenvalue weighted by molar-refractivity contribution is 1.19. The Bertz CT molecular complexity index is 583. The van der Waals surface area contributed by atoms with E-state index in [9.17, 15) is 0 Å². The average molecular weight is 362 g/mol. The van der Waals surface area contributed by atoms with Gasteiger partial charge in [-0.3, -0.25) is 0 Å². The quantitative estimate of drug-likeness (QED) is 0.792. The Hall–Kier alpha value is -0.620. The highest BCUT2D eigenvalue weighted by molar-refractivity contribution is 9.11. The molecule has 6 heteroatoms. The molecule has 94 valence electrons. The second kappa shape index (κ2) is 6.02. The van der Waals surface area contributed by atoms with Gasteiger partial charge in [-0.15, -0.1) is 11.3 Å². The minimum absolute atomic E-state index is 0.314. The van der Waals surface area contributed by atoms with Crippen LogP contribution in [0.4, 0.5) is 5.69 Å². The molecule has 0 aliphatic rings. The largest absolute Gasteiger partial charge is 0.389 e. The van der Waals surface area contributed by atoms with E-state index in [4.69, 9.17) is 29.6 Å². The topological polar surface area (TPSA) is 38.0 Å². The van der Waals surface area contributed by atoms with Crippen molar-refractivity contribution in [3.8, 4) is 0 Å². The molecule has 0 unspecified atom stereocenters. The number of thiocarbonyl (C=S) groups is 1. The highest BCUT2D eigenvalue weighted by atomic mass is 79.9. The zero-order chi connectivity index (χ0) is 13.1. The Morgan fingerprint density at radius 1 is 1.39 bits per heavy atom. The van der Waals surface area contributed by atoms with Gasteiger partial charge in [0.2, 0.25) is 0 Å². The van der Waals surface area contributed by atoms with Crippen molar-refractivity contribution in [3.05, 3.63) is 49.6 Å². The highest BCUT2D eigenvalue weighted by Gasteiger charge is 2.04. The van der Waals surface area contributed by atoms with Crippen molar-refractivity contribution in [3.63, 3.8) is 0 Å². The van der Waals surface area contributed by atoms with Crippen molar-refractivity contribution in [1.82, 2.24) is 0 Å². The van der Waals surface area contributed by atoms with Gasteiger partial charge in [-0.25, -0.2) is 0 Å². The number of rotatable bonds is 4. The summed E-state index contributed by atoms with van der Waals surface area (Å²) in [7, 11) is 0. The van der Waals surface area contributed by atoms with Gasteiger partial charge in [0.15, 0.2) is 0 Å². The lowest BCUT2D eigenvalue weighted by Crippen LogP contribution is -2.10. The summed E-state index contributed by atoms with van der Waals surface area (Å²) in [6.07, 6.45) is 0.